The van der Waals surface area contributed by atoms with Crippen LogP contribution in [-0.2, 0) is 0 Å². The largest absolute Gasteiger partial charge is 0.311 e. The first kappa shape index (κ1) is 12.0. The molecule has 1 N–H and O–H groups in total. The zero-order chi connectivity index (χ0) is 14.1. The van der Waals surface area contributed by atoms with Gasteiger partial charge in [-0.25, -0.2) is 4.98 Å². The monoisotopic (exact) mass is 279 g/mol. The van der Waals surface area contributed by atoms with Crippen LogP contribution < -0.4 is 5.49 Å². The van der Waals surface area contributed by atoms with Crippen LogP contribution in [-0.4, -0.2) is 9.55 Å². The van der Waals surface area contributed by atoms with Crippen LogP contribution in [0.1, 0.15) is 55.5 Å². The molecule has 2 aliphatic carbocycles. The van der Waals surface area contributed by atoms with Gasteiger partial charge in [0.15, 0.2) is 0 Å². The number of hydrogen-bond donors (Lipinski definition) is 1. The van der Waals surface area contributed by atoms with Gasteiger partial charge in [0, 0.05) is 17.3 Å². The summed E-state index contributed by atoms with van der Waals surface area (Å²) in [5.74, 6) is 3.56. The molecule has 2 aliphatic heterocycles. The first-order valence-electron chi connectivity index (χ1n) is 8.26. The van der Waals surface area contributed by atoms with E-state index in [9.17, 15) is 0 Å². The van der Waals surface area contributed by atoms with Crippen LogP contribution in [0, 0.1) is 24.2 Å². The lowest BCUT2D eigenvalue weighted by Crippen LogP contribution is -2.31. The molecular formula is C18H21N3. The summed E-state index contributed by atoms with van der Waals surface area (Å²) in [5, 5.41) is 9.76. The maximum atomic E-state index is 8.74. The number of benzene rings is 1. The topological polar surface area (TPSA) is 41.7 Å². The first-order valence-corrected chi connectivity index (χ1v) is 8.26. The van der Waals surface area contributed by atoms with Crippen molar-refractivity contribution in [3.8, 4) is 0 Å². The number of aromatic nitrogens is 2. The highest BCUT2D eigenvalue weighted by Gasteiger charge is 2.43. The summed E-state index contributed by atoms with van der Waals surface area (Å²) in [6, 6.07) is 6.86. The molecular weight excluding hydrogens is 258 g/mol. The van der Waals surface area contributed by atoms with Crippen LogP contribution in [0.4, 0.5) is 0 Å². The molecule has 2 saturated carbocycles. The molecule has 3 nitrogen and oxygen atoms in total. The van der Waals surface area contributed by atoms with Crippen LogP contribution in [0.15, 0.2) is 18.2 Å². The molecule has 2 atom stereocenters. The summed E-state index contributed by atoms with van der Waals surface area (Å²) in [6.45, 7) is 2.11. The molecule has 4 bridgehead atoms. The van der Waals surface area contributed by atoms with E-state index < -0.39 is 0 Å². The fraction of sp³-hybridized carbons (Fsp3) is 0.556. The zero-order valence-corrected chi connectivity index (χ0v) is 12.5. The number of nitrogens with one attached hydrogen (secondary N) is 1. The van der Waals surface area contributed by atoms with Crippen molar-refractivity contribution in [2.45, 2.75) is 51.0 Å². The number of fused-ring (bicyclic) bond motifs is 1. The van der Waals surface area contributed by atoms with Crippen LogP contribution in [0.25, 0.3) is 10.9 Å². The lowest BCUT2D eigenvalue weighted by atomic mass is 9.68. The Labute approximate surface area is 124 Å². The molecule has 0 amide bonds. The Morgan fingerprint density at radius 1 is 1.10 bits per heavy atom. The SMILES string of the molecule is Cc1ccc2c(=N)n3c(nc2c1)C1CC2CC(C1)CC3C2. The highest BCUT2D eigenvalue weighted by molar-refractivity contribution is 5.78. The summed E-state index contributed by atoms with van der Waals surface area (Å²) in [4.78, 5) is 5.04. The van der Waals surface area contributed by atoms with E-state index in [4.69, 9.17) is 10.4 Å². The third kappa shape index (κ3) is 1.60. The lowest BCUT2D eigenvalue weighted by Gasteiger charge is -2.37. The van der Waals surface area contributed by atoms with Gasteiger partial charge in [-0.1, -0.05) is 6.07 Å². The molecule has 3 heterocycles. The van der Waals surface area contributed by atoms with Crippen molar-refractivity contribution >= 4 is 10.9 Å². The van der Waals surface area contributed by atoms with Crippen LogP contribution >= 0.6 is 0 Å². The molecule has 1 aromatic heterocycles. The zero-order valence-electron chi connectivity index (χ0n) is 12.5. The maximum absolute atomic E-state index is 8.74. The van der Waals surface area contributed by atoms with E-state index in [1.54, 1.807) is 0 Å². The van der Waals surface area contributed by atoms with Crippen molar-refractivity contribution < 1.29 is 0 Å². The summed E-state index contributed by atoms with van der Waals surface area (Å²) in [6.07, 6.45) is 6.58. The lowest BCUT2D eigenvalue weighted by molar-refractivity contribution is 0.150. The predicted molar refractivity (Wildman–Crippen MR) is 82.2 cm³/mol. The van der Waals surface area contributed by atoms with E-state index >= 15 is 0 Å². The van der Waals surface area contributed by atoms with Crippen molar-refractivity contribution in [3.63, 3.8) is 0 Å². The molecule has 108 valence electrons. The minimum atomic E-state index is 0.530. The van der Waals surface area contributed by atoms with E-state index in [0.29, 0.717) is 17.4 Å². The molecule has 21 heavy (non-hydrogen) atoms. The molecule has 2 aromatic rings. The standard InChI is InChI=1S/C18H21N3/c1-10-2-3-15-16(4-10)20-18-13-6-11-5-12(7-13)9-14(8-11)21(18)17(15)19/h2-4,11-14,19H,5-9H2,1H3. The Hall–Kier alpha value is -1.64. The number of aryl methyl sites for hydroxylation is 1. The van der Waals surface area contributed by atoms with Gasteiger partial charge < -0.3 is 4.57 Å². The number of hydrogen-bond acceptors (Lipinski definition) is 2. The third-order valence-electron chi connectivity index (χ3n) is 5.97. The summed E-state index contributed by atoms with van der Waals surface area (Å²) in [7, 11) is 0. The molecule has 6 rings (SSSR count). The second kappa shape index (κ2) is 3.96. The molecule has 0 saturated heterocycles. The Bertz CT molecular complexity index is 790. The number of nitrogens with zero attached hydrogens (tertiary/aromatic N) is 2. The fourth-order valence-corrected chi connectivity index (χ4v) is 5.25. The minimum absolute atomic E-state index is 0.530. The smallest absolute Gasteiger partial charge is 0.135 e. The van der Waals surface area contributed by atoms with Gasteiger partial charge in [-0.05, 0) is 68.6 Å². The molecule has 3 heteroatoms. The normalized spacial score (nSPS) is 33.2. The van der Waals surface area contributed by atoms with E-state index in [1.807, 2.05) is 0 Å². The Morgan fingerprint density at radius 2 is 1.86 bits per heavy atom. The van der Waals surface area contributed by atoms with E-state index in [2.05, 4.69) is 29.7 Å². The number of rotatable bonds is 0. The Kier molecular flexibility index (Phi) is 2.26. The summed E-state index contributed by atoms with van der Waals surface area (Å²) in [5.41, 5.74) is 2.96. The maximum Gasteiger partial charge on any atom is 0.135 e. The van der Waals surface area contributed by atoms with Gasteiger partial charge in [-0.15, -0.1) is 0 Å². The molecule has 0 spiro atoms. The Morgan fingerprint density at radius 3 is 2.62 bits per heavy atom. The van der Waals surface area contributed by atoms with E-state index in [1.165, 1.54) is 43.5 Å². The average molecular weight is 279 g/mol. The highest BCUT2D eigenvalue weighted by atomic mass is 15.1. The Balaban J connectivity index is 1.85. The van der Waals surface area contributed by atoms with Gasteiger partial charge in [0.1, 0.15) is 11.3 Å². The quantitative estimate of drug-likeness (QED) is 0.785. The predicted octanol–water partition coefficient (Wildman–Crippen LogP) is 3.67. The summed E-state index contributed by atoms with van der Waals surface area (Å²) < 4.78 is 2.31. The first-order chi connectivity index (χ1) is 10.2. The second-order valence-electron chi connectivity index (χ2n) is 7.47. The van der Waals surface area contributed by atoms with Crippen molar-refractivity contribution in [2.24, 2.45) is 11.8 Å². The van der Waals surface area contributed by atoms with Gasteiger partial charge in [0.2, 0.25) is 0 Å². The van der Waals surface area contributed by atoms with Crippen molar-refractivity contribution in [2.75, 3.05) is 0 Å². The third-order valence-corrected chi connectivity index (χ3v) is 5.97. The van der Waals surface area contributed by atoms with Crippen LogP contribution in [0.3, 0.4) is 0 Å². The van der Waals surface area contributed by atoms with Crippen LogP contribution in [0.2, 0.25) is 0 Å². The van der Waals surface area contributed by atoms with Gasteiger partial charge in [-0.3, -0.25) is 5.41 Å². The molecule has 2 unspecified atom stereocenters. The van der Waals surface area contributed by atoms with Crippen LogP contribution in [0.5, 0.6) is 0 Å². The van der Waals surface area contributed by atoms with Crippen molar-refractivity contribution in [1.82, 2.24) is 9.55 Å². The highest BCUT2D eigenvalue weighted by Crippen LogP contribution is 2.52. The van der Waals surface area contributed by atoms with Gasteiger partial charge in [0.05, 0.1) is 5.52 Å². The van der Waals surface area contributed by atoms with Gasteiger partial charge in [-0.2, -0.15) is 0 Å². The molecule has 1 aromatic carbocycles. The van der Waals surface area contributed by atoms with Gasteiger partial charge in [0.25, 0.3) is 0 Å². The second-order valence-corrected chi connectivity index (χ2v) is 7.47. The molecule has 2 fully saturated rings. The van der Waals surface area contributed by atoms with E-state index in [0.717, 1.165) is 22.7 Å². The fourth-order valence-electron chi connectivity index (χ4n) is 5.25. The average Bonchev–Trinajstić information content (AvgIpc) is 2.61. The molecule has 0 radical (unpaired) electrons. The van der Waals surface area contributed by atoms with E-state index in [-0.39, 0.29) is 0 Å². The molecule has 4 aliphatic rings. The minimum Gasteiger partial charge on any atom is -0.311 e. The van der Waals surface area contributed by atoms with Crippen molar-refractivity contribution in [1.29, 1.82) is 5.41 Å². The van der Waals surface area contributed by atoms with Gasteiger partial charge >= 0.3 is 0 Å². The van der Waals surface area contributed by atoms with Crippen molar-refractivity contribution in [3.05, 3.63) is 35.1 Å². The summed E-state index contributed by atoms with van der Waals surface area (Å²) >= 11 is 0.